The van der Waals surface area contributed by atoms with Crippen molar-refractivity contribution < 1.29 is 4.39 Å². The average molecular weight is 229 g/mol. The fourth-order valence-electron chi connectivity index (χ4n) is 1.81. The first kappa shape index (κ1) is 11.4. The third-order valence-electron chi connectivity index (χ3n) is 3.17. The highest BCUT2D eigenvalue weighted by Gasteiger charge is 2.42. The van der Waals surface area contributed by atoms with Crippen LogP contribution in [0.25, 0.3) is 0 Å². The van der Waals surface area contributed by atoms with Crippen molar-refractivity contribution in [3.05, 3.63) is 29.6 Å². The van der Waals surface area contributed by atoms with Crippen LogP contribution in [-0.4, -0.2) is 6.54 Å². The molecule has 1 aromatic rings. The number of nitrogens with zero attached hydrogens (tertiary/aromatic N) is 2. The van der Waals surface area contributed by atoms with E-state index >= 15 is 0 Å². The van der Waals surface area contributed by atoms with Gasteiger partial charge in [-0.1, -0.05) is 0 Å². The summed E-state index contributed by atoms with van der Waals surface area (Å²) < 4.78 is 12.9. The van der Waals surface area contributed by atoms with Gasteiger partial charge in [-0.3, -0.25) is 0 Å². The maximum atomic E-state index is 12.9. The molecule has 17 heavy (non-hydrogen) atoms. The first-order chi connectivity index (χ1) is 8.19. The van der Waals surface area contributed by atoms with Gasteiger partial charge >= 0.3 is 0 Å². The number of anilines is 1. The lowest BCUT2D eigenvalue weighted by Gasteiger charge is -2.14. The van der Waals surface area contributed by atoms with Crippen LogP contribution >= 0.6 is 0 Å². The average Bonchev–Trinajstić information content (AvgIpc) is 3.08. The Labute approximate surface area is 99.5 Å². The van der Waals surface area contributed by atoms with E-state index < -0.39 is 5.82 Å². The maximum absolute atomic E-state index is 12.9. The van der Waals surface area contributed by atoms with Crippen LogP contribution in [0.2, 0.25) is 0 Å². The molecule has 0 aliphatic heterocycles. The van der Waals surface area contributed by atoms with E-state index in [4.69, 9.17) is 10.5 Å². The van der Waals surface area contributed by atoms with Crippen LogP contribution in [-0.2, 0) is 0 Å². The van der Waals surface area contributed by atoms with Gasteiger partial charge in [0.25, 0.3) is 0 Å². The monoisotopic (exact) mass is 229 g/mol. The number of nitrogens with one attached hydrogen (secondary N) is 1. The Bertz CT molecular complexity index is 506. The van der Waals surface area contributed by atoms with E-state index in [9.17, 15) is 4.39 Å². The number of hydrogen-bond acceptors (Lipinski definition) is 3. The van der Waals surface area contributed by atoms with Crippen LogP contribution < -0.4 is 5.32 Å². The summed E-state index contributed by atoms with van der Waals surface area (Å²) in [7, 11) is 0. The van der Waals surface area contributed by atoms with Crippen molar-refractivity contribution in [2.45, 2.75) is 19.3 Å². The van der Waals surface area contributed by atoms with Gasteiger partial charge in [-0.2, -0.15) is 10.5 Å². The van der Waals surface area contributed by atoms with Crippen molar-refractivity contribution in [2.24, 2.45) is 5.41 Å². The van der Waals surface area contributed by atoms with Crippen molar-refractivity contribution in [2.75, 3.05) is 11.9 Å². The molecule has 0 heterocycles. The molecule has 1 aliphatic carbocycles. The van der Waals surface area contributed by atoms with Crippen LogP contribution in [0.1, 0.15) is 24.8 Å². The Hall–Kier alpha value is -2.07. The summed E-state index contributed by atoms with van der Waals surface area (Å²) in [5.74, 6) is -0.412. The normalized spacial score (nSPS) is 15.7. The number of hydrogen-bond donors (Lipinski definition) is 1. The summed E-state index contributed by atoms with van der Waals surface area (Å²) in [6.07, 6.45) is 2.61. The minimum atomic E-state index is -0.412. The number of nitriles is 2. The molecule has 0 amide bonds. The van der Waals surface area contributed by atoms with E-state index in [1.807, 2.05) is 6.07 Å². The van der Waals surface area contributed by atoms with Gasteiger partial charge in [0.05, 0.1) is 17.3 Å². The van der Waals surface area contributed by atoms with Gasteiger partial charge in [0.1, 0.15) is 11.9 Å². The molecular weight excluding hydrogens is 217 g/mol. The van der Waals surface area contributed by atoms with E-state index in [0.29, 0.717) is 24.2 Å². The number of rotatable bonds is 4. The Balaban J connectivity index is 2.05. The number of halogens is 1. The zero-order chi connectivity index (χ0) is 12.3. The van der Waals surface area contributed by atoms with E-state index in [-0.39, 0.29) is 5.41 Å². The molecule has 0 unspecified atom stereocenters. The second-order valence-electron chi connectivity index (χ2n) is 4.49. The molecule has 86 valence electrons. The van der Waals surface area contributed by atoms with E-state index in [1.165, 1.54) is 12.1 Å². The van der Waals surface area contributed by atoms with E-state index in [0.717, 1.165) is 12.8 Å². The third-order valence-corrected chi connectivity index (χ3v) is 3.17. The first-order valence-electron chi connectivity index (χ1n) is 5.50. The molecule has 0 radical (unpaired) electrons. The van der Waals surface area contributed by atoms with Gasteiger partial charge in [-0.05, 0) is 31.0 Å². The molecule has 0 spiro atoms. The smallest absolute Gasteiger partial charge is 0.124 e. The van der Waals surface area contributed by atoms with Crippen molar-refractivity contribution >= 4 is 5.69 Å². The molecule has 0 bridgehead atoms. The minimum Gasteiger partial charge on any atom is -0.383 e. The molecular formula is C13H12FN3. The fraction of sp³-hybridized carbons (Fsp3) is 0.385. The number of benzene rings is 1. The van der Waals surface area contributed by atoms with Gasteiger partial charge < -0.3 is 5.32 Å². The maximum Gasteiger partial charge on any atom is 0.124 e. The predicted octanol–water partition coefficient (Wildman–Crippen LogP) is 2.80. The SMILES string of the molecule is N#CCC1(CNc2ccc(F)cc2C#N)CC1. The summed E-state index contributed by atoms with van der Waals surface area (Å²) >= 11 is 0. The van der Waals surface area contributed by atoms with E-state index in [2.05, 4.69) is 11.4 Å². The Morgan fingerprint density at radius 3 is 2.71 bits per heavy atom. The second-order valence-corrected chi connectivity index (χ2v) is 4.49. The largest absolute Gasteiger partial charge is 0.383 e. The summed E-state index contributed by atoms with van der Waals surface area (Å²) in [5, 5.41) is 20.7. The summed E-state index contributed by atoms with van der Waals surface area (Å²) in [5.41, 5.74) is 1.01. The van der Waals surface area contributed by atoms with Crippen molar-refractivity contribution in [3.8, 4) is 12.1 Å². The molecule has 0 saturated heterocycles. The van der Waals surface area contributed by atoms with Crippen molar-refractivity contribution in [3.63, 3.8) is 0 Å². The van der Waals surface area contributed by atoms with Crippen molar-refractivity contribution in [1.82, 2.24) is 0 Å². The van der Waals surface area contributed by atoms with Gasteiger partial charge in [0.15, 0.2) is 0 Å². The van der Waals surface area contributed by atoms with Crippen LogP contribution in [0, 0.1) is 33.9 Å². The standard InChI is InChI=1S/C13H12FN3/c14-11-1-2-12(10(7-11)8-16)17-9-13(3-4-13)5-6-15/h1-2,7,17H,3-5,9H2. The van der Waals surface area contributed by atoms with Crippen molar-refractivity contribution in [1.29, 1.82) is 10.5 Å². The molecule has 0 atom stereocenters. The third kappa shape index (κ3) is 2.54. The van der Waals surface area contributed by atoms with Gasteiger partial charge in [0, 0.05) is 18.4 Å². The summed E-state index contributed by atoms with van der Waals surface area (Å²) in [4.78, 5) is 0. The van der Waals surface area contributed by atoms with Crippen LogP contribution in [0.15, 0.2) is 18.2 Å². The molecule has 2 rings (SSSR count). The quantitative estimate of drug-likeness (QED) is 0.863. The van der Waals surface area contributed by atoms with Gasteiger partial charge in [-0.15, -0.1) is 0 Å². The van der Waals surface area contributed by atoms with Gasteiger partial charge in [0.2, 0.25) is 0 Å². The van der Waals surface area contributed by atoms with Crippen LogP contribution in [0.4, 0.5) is 10.1 Å². The highest BCUT2D eigenvalue weighted by atomic mass is 19.1. The molecule has 3 nitrogen and oxygen atoms in total. The molecule has 1 aromatic carbocycles. The minimum absolute atomic E-state index is 0.0653. The Morgan fingerprint density at radius 1 is 1.35 bits per heavy atom. The molecule has 1 N–H and O–H groups in total. The molecule has 1 aliphatic rings. The lowest BCUT2D eigenvalue weighted by molar-refractivity contribution is 0.557. The second kappa shape index (κ2) is 4.43. The van der Waals surface area contributed by atoms with Crippen LogP contribution in [0.3, 0.4) is 0 Å². The lowest BCUT2D eigenvalue weighted by atomic mass is 10.0. The van der Waals surface area contributed by atoms with Crippen LogP contribution in [0.5, 0.6) is 0 Å². The highest BCUT2D eigenvalue weighted by molar-refractivity contribution is 5.57. The molecule has 1 saturated carbocycles. The Morgan fingerprint density at radius 2 is 2.12 bits per heavy atom. The molecule has 1 fully saturated rings. The lowest BCUT2D eigenvalue weighted by Crippen LogP contribution is -2.15. The fourth-order valence-corrected chi connectivity index (χ4v) is 1.81. The molecule has 0 aromatic heterocycles. The molecule has 4 heteroatoms. The summed E-state index contributed by atoms with van der Waals surface area (Å²) in [6, 6.07) is 8.24. The zero-order valence-electron chi connectivity index (χ0n) is 9.33. The topological polar surface area (TPSA) is 59.6 Å². The van der Waals surface area contributed by atoms with Gasteiger partial charge in [-0.25, -0.2) is 4.39 Å². The zero-order valence-corrected chi connectivity index (χ0v) is 9.33. The predicted molar refractivity (Wildman–Crippen MR) is 61.5 cm³/mol. The summed E-state index contributed by atoms with van der Waals surface area (Å²) in [6.45, 7) is 0.668. The highest BCUT2D eigenvalue weighted by Crippen LogP contribution is 2.48. The van der Waals surface area contributed by atoms with E-state index in [1.54, 1.807) is 6.07 Å². The Kier molecular flexibility index (Phi) is 2.97. The first-order valence-corrected chi connectivity index (χ1v) is 5.50.